The molecule has 0 aliphatic carbocycles. The summed E-state index contributed by atoms with van der Waals surface area (Å²) in [4.78, 5) is 34.1. The summed E-state index contributed by atoms with van der Waals surface area (Å²) < 4.78 is 15.9. The van der Waals surface area contributed by atoms with E-state index in [4.69, 9.17) is 24.4 Å². The van der Waals surface area contributed by atoms with Crippen molar-refractivity contribution < 1.29 is 38.8 Å². The zero-order valence-corrected chi connectivity index (χ0v) is 17.7. The van der Waals surface area contributed by atoms with E-state index in [1.54, 1.807) is 36.4 Å². The van der Waals surface area contributed by atoms with Crippen LogP contribution < -0.4 is 14.2 Å². The monoisotopic (exact) mass is 440 g/mol. The second-order valence-electron chi connectivity index (χ2n) is 6.88. The van der Waals surface area contributed by atoms with Crippen LogP contribution in [0, 0.1) is 0 Å². The van der Waals surface area contributed by atoms with E-state index < -0.39 is 25.2 Å². The lowest BCUT2D eigenvalue weighted by atomic mass is 10.1. The Balaban J connectivity index is 2.14. The number of hydrogen-bond donors (Lipinski definition) is 2. The van der Waals surface area contributed by atoms with Gasteiger partial charge in [0.2, 0.25) is 0 Å². The quantitative estimate of drug-likeness (QED) is 0.290. The van der Waals surface area contributed by atoms with Gasteiger partial charge in [0, 0.05) is 6.07 Å². The molecule has 0 saturated heterocycles. The highest BCUT2D eigenvalue weighted by molar-refractivity contribution is 6.08. The molecule has 0 aliphatic rings. The van der Waals surface area contributed by atoms with E-state index in [-0.39, 0.29) is 17.1 Å². The van der Waals surface area contributed by atoms with E-state index in [1.165, 1.54) is 18.2 Å². The standard InChI is InChI=1S/C24H24O8/c1-16(2)11-12-30-19-8-9-20(22(13-19)32-15-24(28)29)21(25)10-5-17-3-6-18(7-4-17)31-14-23(26)27/h3-11,13H,12,14-15H2,1-2H3,(H,26,27)(H,28,29)/b10-5+. The summed E-state index contributed by atoms with van der Waals surface area (Å²) in [6, 6.07) is 11.1. The predicted octanol–water partition coefficient (Wildman–Crippen LogP) is 3.85. The fraction of sp³-hybridized carbons (Fsp3) is 0.208. The topological polar surface area (TPSA) is 119 Å². The summed E-state index contributed by atoms with van der Waals surface area (Å²) in [5, 5.41) is 17.5. The van der Waals surface area contributed by atoms with E-state index in [1.807, 2.05) is 19.9 Å². The van der Waals surface area contributed by atoms with Crippen LogP contribution in [0.3, 0.4) is 0 Å². The molecule has 0 fully saturated rings. The average Bonchev–Trinajstić information content (AvgIpc) is 2.75. The third-order valence-corrected chi connectivity index (χ3v) is 3.98. The highest BCUT2D eigenvalue weighted by Crippen LogP contribution is 2.26. The molecule has 0 saturated carbocycles. The minimum atomic E-state index is -1.17. The third-order valence-electron chi connectivity index (χ3n) is 3.98. The van der Waals surface area contributed by atoms with Gasteiger partial charge in [-0.1, -0.05) is 23.8 Å². The largest absolute Gasteiger partial charge is 0.489 e. The molecule has 2 rings (SSSR count). The van der Waals surface area contributed by atoms with Crippen LogP contribution in [0.25, 0.3) is 6.08 Å². The van der Waals surface area contributed by atoms with Crippen LogP contribution in [0.4, 0.5) is 0 Å². The molecule has 0 aliphatic heterocycles. The lowest BCUT2D eigenvalue weighted by molar-refractivity contribution is -0.140. The maximum absolute atomic E-state index is 12.7. The normalized spacial score (nSPS) is 10.4. The molecule has 0 spiro atoms. The number of benzene rings is 2. The van der Waals surface area contributed by atoms with Gasteiger partial charge in [0.15, 0.2) is 19.0 Å². The summed E-state index contributed by atoms with van der Waals surface area (Å²) in [7, 11) is 0. The molecule has 2 aromatic rings. The van der Waals surface area contributed by atoms with Crippen molar-refractivity contribution in [3.63, 3.8) is 0 Å². The number of allylic oxidation sites excluding steroid dienone is 2. The molecule has 168 valence electrons. The Morgan fingerprint density at radius 1 is 0.844 bits per heavy atom. The van der Waals surface area contributed by atoms with Crippen molar-refractivity contribution in [2.45, 2.75) is 13.8 Å². The molecule has 32 heavy (non-hydrogen) atoms. The average molecular weight is 440 g/mol. The van der Waals surface area contributed by atoms with Crippen molar-refractivity contribution in [3.05, 3.63) is 71.3 Å². The minimum absolute atomic E-state index is 0.106. The zero-order valence-electron chi connectivity index (χ0n) is 17.7. The fourth-order valence-corrected chi connectivity index (χ4v) is 2.44. The Morgan fingerprint density at radius 2 is 1.47 bits per heavy atom. The molecule has 0 atom stereocenters. The molecule has 8 heteroatoms. The molecular formula is C24H24O8. The highest BCUT2D eigenvalue weighted by Gasteiger charge is 2.13. The number of ether oxygens (including phenoxy) is 3. The highest BCUT2D eigenvalue weighted by atomic mass is 16.5. The van der Waals surface area contributed by atoms with Crippen LogP contribution in [0.5, 0.6) is 17.2 Å². The van der Waals surface area contributed by atoms with Gasteiger partial charge in [-0.2, -0.15) is 0 Å². The van der Waals surface area contributed by atoms with Crippen LogP contribution in [0.15, 0.2) is 60.2 Å². The fourth-order valence-electron chi connectivity index (χ4n) is 2.44. The Morgan fingerprint density at radius 3 is 2.09 bits per heavy atom. The number of aliphatic carboxylic acids is 2. The number of carboxylic acid groups (broad SMARTS) is 2. The van der Waals surface area contributed by atoms with E-state index in [9.17, 15) is 14.4 Å². The van der Waals surface area contributed by atoms with Crippen LogP contribution in [0.1, 0.15) is 29.8 Å². The molecule has 0 heterocycles. The lowest BCUT2D eigenvalue weighted by Gasteiger charge is -2.11. The van der Waals surface area contributed by atoms with E-state index in [0.717, 1.165) is 5.57 Å². The van der Waals surface area contributed by atoms with Gasteiger partial charge < -0.3 is 24.4 Å². The maximum atomic E-state index is 12.7. The molecule has 2 N–H and O–H groups in total. The number of carboxylic acids is 2. The van der Waals surface area contributed by atoms with Crippen LogP contribution >= 0.6 is 0 Å². The molecule has 0 unspecified atom stereocenters. The molecular weight excluding hydrogens is 416 g/mol. The van der Waals surface area contributed by atoms with E-state index >= 15 is 0 Å². The number of carbonyl (C=O) groups is 3. The number of rotatable bonds is 12. The smallest absolute Gasteiger partial charge is 0.341 e. The number of carbonyl (C=O) groups excluding carboxylic acids is 1. The van der Waals surface area contributed by atoms with Crippen molar-refractivity contribution >= 4 is 23.8 Å². The summed E-state index contributed by atoms with van der Waals surface area (Å²) in [6.45, 7) is 3.17. The SMILES string of the molecule is CC(C)=CCOc1ccc(C(=O)/C=C/c2ccc(OCC(=O)O)cc2)c(OCC(=O)O)c1. The molecule has 2 aromatic carbocycles. The second-order valence-corrected chi connectivity index (χ2v) is 6.88. The van der Waals surface area contributed by atoms with Crippen LogP contribution in [-0.4, -0.2) is 47.8 Å². The third kappa shape index (κ3) is 8.35. The van der Waals surface area contributed by atoms with Gasteiger partial charge in [0.05, 0.1) is 5.56 Å². The van der Waals surface area contributed by atoms with Gasteiger partial charge in [0.1, 0.15) is 23.9 Å². The van der Waals surface area contributed by atoms with Crippen LogP contribution in [-0.2, 0) is 9.59 Å². The Bertz CT molecular complexity index is 1010. The molecule has 0 aromatic heterocycles. The first kappa shape index (κ1) is 24.2. The van der Waals surface area contributed by atoms with Crippen molar-refractivity contribution in [1.29, 1.82) is 0 Å². The first-order valence-electron chi connectivity index (χ1n) is 9.66. The van der Waals surface area contributed by atoms with Gasteiger partial charge in [-0.3, -0.25) is 4.79 Å². The summed E-state index contributed by atoms with van der Waals surface area (Å²) >= 11 is 0. The summed E-state index contributed by atoms with van der Waals surface area (Å²) in [5.74, 6) is -1.68. The Hall–Kier alpha value is -4.07. The van der Waals surface area contributed by atoms with Crippen LogP contribution in [0.2, 0.25) is 0 Å². The van der Waals surface area contributed by atoms with Gasteiger partial charge in [-0.25, -0.2) is 9.59 Å². The van der Waals surface area contributed by atoms with Crippen molar-refractivity contribution in [2.24, 2.45) is 0 Å². The molecule has 8 nitrogen and oxygen atoms in total. The van der Waals surface area contributed by atoms with Gasteiger partial charge >= 0.3 is 11.9 Å². The van der Waals surface area contributed by atoms with Crippen molar-refractivity contribution in [1.82, 2.24) is 0 Å². The lowest BCUT2D eigenvalue weighted by Crippen LogP contribution is -2.12. The molecule has 0 radical (unpaired) electrons. The Kier molecular flexibility index (Phi) is 9.04. The first-order chi connectivity index (χ1) is 15.2. The summed E-state index contributed by atoms with van der Waals surface area (Å²) in [5.41, 5.74) is 1.97. The van der Waals surface area contributed by atoms with Gasteiger partial charge in [-0.05, 0) is 55.8 Å². The molecule has 0 amide bonds. The minimum Gasteiger partial charge on any atom is -0.489 e. The summed E-state index contributed by atoms with van der Waals surface area (Å²) in [6.07, 6.45) is 4.79. The van der Waals surface area contributed by atoms with Crippen molar-refractivity contribution in [3.8, 4) is 17.2 Å². The van der Waals surface area contributed by atoms with Crippen molar-refractivity contribution in [2.75, 3.05) is 19.8 Å². The zero-order chi connectivity index (χ0) is 23.5. The number of hydrogen-bond acceptors (Lipinski definition) is 6. The second kappa shape index (κ2) is 11.9. The van der Waals surface area contributed by atoms with E-state index in [0.29, 0.717) is 23.7 Å². The first-order valence-corrected chi connectivity index (χ1v) is 9.66. The Labute approximate surface area is 185 Å². The van der Waals surface area contributed by atoms with Gasteiger partial charge in [-0.15, -0.1) is 0 Å². The van der Waals surface area contributed by atoms with Gasteiger partial charge in [0.25, 0.3) is 0 Å². The maximum Gasteiger partial charge on any atom is 0.341 e. The van der Waals surface area contributed by atoms with E-state index in [2.05, 4.69) is 0 Å². The predicted molar refractivity (Wildman–Crippen MR) is 117 cm³/mol. The molecule has 0 bridgehead atoms. The number of ketones is 1.